The van der Waals surface area contributed by atoms with Gasteiger partial charge in [-0.3, -0.25) is 14.4 Å². The molecule has 6 aliphatic rings. The summed E-state index contributed by atoms with van der Waals surface area (Å²) in [6.45, 7) is 21.6. The summed E-state index contributed by atoms with van der Waals surface area (Å²) in [6.07, 6.45) is 9.81. The van der Waals surface area contributed by atoms with Gasteiger partial charge in [0.05, 0.1) is 12.1 Å². The second-order valence-corrected chi connectivity index (χ2v) is 18.9. The predicted molar refractivity (Wildman–Crippen MR) is 178 cm³/mol. The predicted octanol–water partition coefficient (Wildman–Crippen LogP) is 7.59. The Kier molecular flexibility index (Phi) is 7.42. The molecule has 0 aromatic rings. The Morgan fingerprint density at radius 2 is 1.66 bits per heavy atom. The number of nitrogens with zero attached hydrogens (tertiary/aromatic N) is 3. The summed E-state index contributed by atoms with van der Waals surface area (Å²) in [4.78, 5) is 55.0. The number of carbonyl (C=O) groups is 4. The molecule has 0 aromatic heterocycles. The highest BCUT2D eigenvalue weighted by atomic mass is 16.6. The Morgan fingerprint density at radius 3 is 2.30 bits per heavy atom. The number of ketones is 2. The van der Waals surface area contributed by atoms with Gasteiger partial charge in [0.2, 0.25) is 5.91 Å². The molecule has 8 nitrogen and oxygen atoms in total. The molecule has 0 N–H and O–H groups in total. The van der Waals surface area contributed by atoms with Gasteiger partial charge in [-0.2, -0.15) is 5.26 Å². The van der Waals surface area contributed by atoms with Crippen LogP contribution in [0.5, 0.6) is 0 Å². The van der Waals surface area contributed by atoms with Gasteiger partial charge in [0.1, 0.15) is 11.7 Å². The summed E-state index contributed by atoms with van der Waals surface area (Å²) in [5.41, 5.74) is -1.55. The average molecular weight is 646 g/mol. The standard InChI is InChI=1S/C39H55N3O5/c1-33(2,3)47-32(46)41-18-12-29(44)42(41)23-39-16-14-34(4,5)21-25(39)30-26(43)19-28-36(8)20-24(22-40)31(45)35(6,7)27(36)11-13-37(28,9)38(30,10)15-17-39/h19-20,25,27,30H,11-18,21,23H2,1-10H3/t25-,27?,30-,36-,37+,38+,39+/m0/s1. The van der Waals surface area contributed by atoms with Crippen LogP contribution in [0.3, 0.4) is 0 Å². The minimum atomic E-state index is -0.699. The van der Waals surface area contributed by atoms with E-state index in [1.54, 1.807) is 5.01 Å². The van der Waals surface area contributed by atoms with Crippen LogP contribution in [-0.2, 0) is 19.1 Å². The van der Waals surface area contributed by atoms with E-state index in [0.717, 1.165) is 50.5 Å². The number of rotatable bonds is 2. The summed E-state index contributed by atoms with van der Waals surface area (Å²) in [5.74, 6) is -0.194. The number of ether oxygens (including phenoxy) is 1. The fourth-order valence-corrected chi connectivity index (χ4v) is 11.6. The highest BCUT2D eigenvalue weighted by Gasteiger charge is 2.70. The van der Waals surface area contributed by atoms with Crippen molar-refractivity contribution in [3.05, 3.63) is 23.3 Å². The molecule has 0 bridgehead atoms. The summed E-state index contributed by atoms with van der Waals surface area (Å²) in [5, 5.41) is 13.2. The molecule has 4 fully saturated rings. The zero-order valence-electron chi connectivity index (χ0n) is 30.3. The van der Waals surface area contributed by atoms with Crippen molar-refractivity contribution >= 4 is 23.6 Å². The largest absolute Gasteiger partial charge is 0.442 e. The maximum Gasteiger partial charge on any atom is 0.429 e. The smallest absolute Gasteiger partial charge is 0.429 e. The lowest BCUT2D eigenvalue weighted by atomic mass is 9.34. The number of Topliss-reactive ketones (excluding diaryl/α,β-unsaturated/α-hetero) is 1. The molecule has 8 heteroatoms. The topological polar surface area (TPSA) is 108 Å². The zero-order valence-corrected chi connectivity index (χ0v) is 30.3. The van der Waals surface area contributed by atoms with E-state index >= 15 is 0 Å². The number of hydrogen-bond donors (Lipinski definition) is 0. The molecule has 47 heavy (non-hydrogen) atoms. The van der Waals surface area contributed by atoms with Gasteiger partial charge in [-0.15, -0.1) is 0 Å². The van der Waals surface area contributed by atoms with Crippen molar-refractivity contribution in [2.24, 2.45) is 50.2 Å². The highest BCUT2D eigenvalue weighted by molar-refractivity contribution is 6.04. The maximum atomic E-state index is 14.9. The summed E-state index contributed by atoms with van der Waals surface area (Å²) in [6, 6.07) is 2.20. The van der Waals surface area contributed by atoms with E-state index in [1.165, 1.54) is 5.01 Å². The highest BCUT2D eigenvalue weighted by Crippen LogP contribution is 2.74. The van der Waals surface area contributed by atoms with Crippen LogP contribution in [0.25, 0.3) is 0 Å². The van der Waals surface area contributed by atoms with Crippen molar-refractivity contribution in [2.75, 3.05) is 13.1 Å². The molecule has 2 amide bonds. The van der Waals surface area contributed by atoms with Crippen LogP contribution in [-0.4, -0.2) is 52.3 Å². The first kappa shape index (κ1) is 33.9. The molecule has 0 radical (unpaired) electrons. The van der Waals surface area contributed by atoms with Crippen LogP contribution < -0.4 is 0 Å². The average Bonchev–Trinajstić information content (AvgIpc) is 3.31. The lowest BCUT2D eigenvalue weighted by Gasteiger charge is -2.69. The minimum Gasteiger partial charge on any atom is -0.442 e. The molecular formula is C39H55N3O5. The molecular weight excluding hydrogens is 590 g/mol. The molecule has 7 atom stereocenters. The van der Waals surface area contributed by atoms with E-state index in [0.29, 0.717) is 13.1 Å². The Labute approximate surface area is 281 Å². The SMILES string of the molecule is CC1(C)CC[C@]2(CN3C(=O)CCN3C(=O)OC(C)(C)C)CC[C@]3(C)[C@H](C(=O)C=C4[C@@]5(C)C=C(C#N)C(=O)C(C)(C)C5CC[C@]43C)[C@@H]2C1. The number of fused-ring (bicyclic) bond motifs is 7. The molecule has 1 aliphatic heterocycles. The van der Waals surface area contributed by atoms with Gasteiger partial charge < -0.3 is 4.74 Å². The van der Waals surface area contributed by atoms with Gasteiger partial charge >= 0.3 is 6.09 Å². The van der Waals surface area contributed by atoms with Crippen LogP contribution in [0, 0.1) is 61.6 Å². The Bertz CT molecular complexity index is 1540. The quantitative estimate of drug-likeness (QED) is 0.306. The fourth-order valence-electron chi connectivity index (χ4n) is 11.6. The van der Waals surface area contributed by atoms with E-state index in [9.17, 15) is 24.4 Å². The summed E-state index contributed by atoms with van der Waals surface area (Å²) in [7, 11) is 0. The number of amides is 2. The summed E-state index contributed by atoms with van der Waals surface area (Å²) >= 11 is 0. The third-order valence-corrected chi connectivity index (χ3v) is 14.2. The van der Waals surface area contributed by atoms with Crippen molar-refractivity contribution in [3.63, 3.8) is 0 Å². The molecule has 1 saturated heterocycles. The van der Waals surface area contributed by atoms with Crippen molar-refractivity contribution in [1.29, 1.82) is 5.26 Å². The van der Waals surface area contributed by atoms with E-state index in [2.05, 4.69) is 40.7 Å². The van der Waals surface area contributed by atoms with Crippen molar-refractivity contribution in [2.45, 2.75) is 126 Å². The van der Waals surface area contributed by atoms with Gasteiger partial charge in [0.15, 0.2) is 11.6 Å². The van der Waals surface area contributed by atoms with Crippen molar-refractivity contribution in [1.82, 2.24) is 10.0 Å². The number of hydrazine groups is 1. The van der Waals surface area contributed by atoms with Crippen molar-refractivity contribution < 1.29 is 23.9 Å². The zero-order chi connectivity index (χ0) is 34.8. The second-order valence-electron chi connectivity index (χ2n) is 18.9. The normalized spacial score (nSPS) is 40.7. The van der Waals surface area contributed by atoms with Crippen LogP contribution in [0.15, 0.2) is 23.3 Å². The number of nitriles is 1. The number of carbonyl (C=O) groups excluding carboxylic acids is 4. The molecule has 5 aliphatic carbocycles. The lowest BCUT2D eigenvalue weighted by Crippen LogP contribution is -2.66. The number of allylic oxidation sites excluding steroid dienone is 4. The molecule has 1 unspecified atom stereocenters. The van der Waals surface area contributed by atoms with Crippen LogP contribution >= 0.6 is 0 Å². The van der Waals surface area contributed by atoms with E-state index in [-0.39, 0.29) is 68.9 Å². The Morgan fingerprint density at radius 1 is 1.00 bits per heavy atom. The van der Waals surface area contributed by atoms with E-state index in [1.807, 2.05) is 46.8 Å². The van der Waals surface area contributed by atoms with E-state index in [4.69, 9.17) is 4.74 Å². The number of hydrogen-bond acceptors (Lipinski definition) is 6. The molecule has 3 saturated carbocycles. The van der Waals surface area contributed by atoms with Gasteiger partial charge in [0, 0.05) is 29.7 Å². The van der Waals surface area contributed by atoms with Crippen molar-refractivity contribution in [3.8, 4) is 6.07 Å². The molecule has 1 heterocycles. The summed E-state index contributed by atoms with van der Waals surface area (Å²) < 4.78 is 5.72. The lowest BCUT2D eigenvalue weighted by molar-refractivity contribution is -0.182. The monoisotopic (exact) mass is 645 g/mol. The van der Waals surface area contributed by atoms with Gasteiger partial charge in [-0.25, -0.2) is 14.8 Å². The fraction of sp³-hybridized carbons (Fsp3) is 0.769. The third kappa shape index (κ3) is 4.79. The van der Waals surface area contributed by atoms with Crippen LogP contribution in [0.1, 0.15) is 121 Å². The first-order valence-electron chi connectivity index (χ1n) is 17.8. The van der Waals surface area contributed by atoms with Gasteiger partial charge in [-0.05, 0) is 105 Å². The molecule has 0 aromatic carbocycles. The Balaban J connectivity index is 1.43. The minimum absolute atomic E-state index is 0.00295. The third-order valence-electron chi connectivity index (χ3n) is 14.2. The van der Waals surface area contributed by atoms with Gasteiger partial charge in [0.25, 0.3) is 0 Å². The van der Waals surface area contributed by atoms with E-state index < -0.39 is 22.5 Å². The first-order chi connectivity index (χ1) is 21.6. The van der Waals surface area contributed by atoms with Crippen LogP contribution in [0.2, 0.25) is 0 Å². The maximum absolute atomic E-state index is 14.9. The molecule has 0 spiro atoms. The van der Waals surface area contributed by atoms with Gasteiger partial charge in [-0.1, -0.05) is 60.1 Å². The second kappa shape index (κ2) is 10.3. The molecule has 6 rings (SSSR count). The molecule has 256 valence electrons. The first-order valence-corrected chi connectivity index (χ1v) is 17.8. The Hall–Kier alpha value is -2.95. The van der Waals surface area contributed by atoms with Crippen LogP contribution in [0.4, 0.5) is 4.79 Å².